The number of amides is 1. The first-order valence-corrected chi connectivity index (χ1v) is 8.87. The Kier molecular flexibility index (Phi) is 4.97. The minimum Gasteiger partial charge on any atom is -0.487 e. The molecule has 3 N–H and O–H groups in total. The lowest BCUT2D eigenvalue weighted by atomic mass is 10.2. The fourth-order valence-electron chi connectivity index (χ4n) is 2.82. The molecule has 28 heavy (non-hydrogen) atoms. The Hall–Kier alpha value is -2.97. The molecule has 1 amide bonds. The molecule has 1 aromatic heterocycles. The van der Waals surface area contributed by atoms with E-state index in [1.54, 1.807) is 12.1 Å². The Morgan fingerprint density at radius 3 is 2.96 bits per heavy atom. The Morgan fingerprint density at radius 2 is 2.25 bits per heavy atom. The Labute approximate surface area is 164 Å². The Bertz CT molecular complexity index is 1060. The molecule has 1 aliphatic rings. The first kappa shape index (κ1) is 18.4. The van der Waals surface area contributed by atoms with Crippen LogP contribution in [0.25, 0.3) is 10.9 Å². The lowest BCUT2D eigenvalue weighted by Crippen LogP contribution is -2.17. The van der Waals surface area contributed by atoms with Crippen molar-refractivity contribution < 1.29 is 18.7 Å². The van der Waals surface area contributed by atoms with Crippen LogP contribution in [0.3, 0.4) is 0 Å². The van der Waals surface area contributed by atoms with Crippen molar-refractivity contribution in [3.63, 3.8) is 0 Å². The van der Waals surface area contributed by atoms with Crippen molar-refractivity contribution in [2.75, 3.05) is 18.5 Å². The van der Waals surface area contributed by atoms with E-state index >= 15 is 0 Å². The highest BCUT2D eigenvalue weighted by Crippen LogP contribution is 2.29. The highest BCUT2D eigenvalue weighted by molar-refractivity contribution is 6.31. The van der Waals surface area contributed by atoms with E-state index in [0.717, 1.165) is 6.42 Å². The topological polar surface area (TPSA) is 99.4 Å². The summed E-state index contributed by atoms with van der Waals surface area (Å²) in [5.41, 5.74) is 6.31. The predicted octanol–water partition coefficient (Wildman–Crippen LogP) is 3.23. The maximum Gasteiger partial charge on any atom is 0.286 e. The minimum atomic E-state index is -0.776. The maximum absolute atomic E-state index is 13.4. The van der Waals surface area contributed by atoms with E-state index in [9.17, 15) is 9.18 Å². The highest BCUT2D eigenvalue weighted by Gasteiger charge is 2.18. The number of ether oxygens (including phenoxy) is 2. The first-order valence-electron chi connectivity index (χ1n) is 8.49. The molecule has 143 valence electrons. The summed E-state index contributed by atoms with van der Waals surface area (Å²) in [4.78, 5) is 20.0. The third-order valence-electron chi connectivity index (χ3n) is 4.19. The molecule has 1 saturated heterocycles. The summed E-state index contributed by atoms with van der Waals surface area (Å²) in [6.45, 7) is 1.17. The van der Waals surface area contributed by atoms with Crippen LogP contribution in [0.5, 0.6) is 5.75 Å². The summed E-state index contributed by atoms with van der Waals surface area (Å²) in [5, 5.41) is 3.55. The number of carbonyl (C=O) groups is 1. The maximum atomic E-state index is 13.4. The van der Waals surface area contributed by atoms with Crippen molar-refractivity contribution in [2.45, 2.75) is 12.5 Å². The van der Waals surface area contributed by atoms with Crippen LogP contribution >= 0.6 is 11.6 Å². The molecule has 0 bridgehead atoms. The Balaban J connectivity index is 1.73. The number of benzene rings is 2. The number of aromatic nitrogens is 2. The average molecular weight is 402 g/mol. The van der Waals surface area contributed by atoms with Crippen LogP contribution in [-0.4, -0.2) is 35.2 Å². The lowest BCUT2D eigenvalue weighted by molar-refractivity contribution is 0.0991. The zero-order chi connectivity index (χ0) is 19.7. The smallest absolute Gasteiger partial charge is 0.286 e. The number of rotatable bonds is 5. The molecule has 2 heterocycles. The number of hydrogen-bond donors (Lipinski definition) is 2. The summed E-state index contributed by atoms with van der Waals surface area (Å²) >= 11 is 5.83. The summed E-state index contributed by atoms with van der Waals surface area (Å²) in [6, 6.07) is 10.5. The van der Waals surface area contributed by atoms with Crippen molar-refractivity contribution in [3.05, 3.63) is 53.1 Å². The summed E-state index contributed by atoms with van der Waals surface area (Å²) in [7, 11) is 0. The van der Waals surface area contributed by atoms with Gasteiger partial charge in [-0.3, -0.25) is 4.79 Å². The van der Waals surface area contributed by atoms with Gasteiger partial charge >= 0.3 is 0 Å². The lowest BCUT2D eigenvalue weighted by Gasteiger charge is -2.14. The van der Waals surface area contributed by atoms with Gasteiger partial charge in [-0.25, -0.2) is 14.4 Å². The van der Waals surface area contributed by atoms with E-state index in [1.165, 1.54) is 18.2 Å². The molecule has 4 rings (SSSR count). The van der Waals surface area contributed by atoms with Gasteiger partial charge in [0.15, 0.2) is 0 Å². The SMILES string of the molecule is NC(=O)c1nc(Nc2ccc(F)c(Cl)c2)c2c[c]c(O[C@H]3CCOC3)cc2n1. The van der Waals surface area contributed by atoms with Gasteiger partial charge in [0.1, 0.15) is 23.5 Å². The van der Waals surface area contributed by atoms with E-state index in [1.807, 2.05) is 0 Å². The molecule has 0 unspecified atom stereocenters. The normalized spacial score (nSPS) is 16.3. The monoisotopic (exact) mass is 401 g/mol. The van der Waals surface area contributed by atoms with Crippen LogP contribution in [0, 0.1) is 11.9 Å². The molecule has 0 aliphatic carbocycles. The van der Waals surface area contributed by atoms with Crippen LogP contribution in [0.4, 0.5) is 15.9 Å². The molecule has 3 aromatic rings. The quantitative estimate of drug-likeness (QED) is 0.681. The molecule has 1 atom stereocenters. The molecule has 1 radical (unpaired) electrons. The summed E-state index contributed by atoms with van der Waals surface area (Å²) in [5.74, 6) is -0.684. The van der Waals surface area contributed by atoms with Gasteiger partial charge in [-0.2, -0.15) is 0 Å². The van der Waals surface area contributed by atoms with Crippen LogP contribution in [0.1, 0.15) is 17.0 Å². The third-order valence-corrected chi connectivity index (χ3v) is 4.48. The van der Waals surface area contributed by atoms with E-state index in [2.05, 4.69) is 21.4 Å². The standard InChI is InChI=1S/C19H15ClFN4O3/c20-14-7-10(1-4-15(14)21)23-18-13-3-2-11(28-12-5-6-27-9-12)8-16(13)24-19(25-18)17(22)26/h1,3-4,7-8,12H,5-6,9H2,(H2,22,26)(H,23,24,25)/t12-/m0/s1. The molecule has 1 aliphatic heterocycles. The molecule has 9 heteroatoms. The molecular formula is C19H15ClFN4O3. The number of anilines is 2. The number of fused-ring (bicyclic) bond motifs is 1. The van der Waals surface area contributed by atoms with Gasteiger partial charge in [-0.1, -0.05) is 11.6 Å². The van der Waals surface area contributed by atoms with E-state index in [4.69, 9.17) is 26.8 Å². The molecule has 1 fully saturated rings. The summed E-state index contributed by atoms with van der Waals surface area (Å²) < 4.78 is 24.5. The highest BCUT2D eigenvalue weighted by atomic mass is 35.5. The predicted molar refractivity (Wildman–Crippen MR) is 101 cm³/mol. The third kappa shape index (κ3) is 3.83. The van der Waals surface area contributed by atoms with E-state index in [0.29, 0.717) is 41.4 Å². The fourth-order valence-corrected chi connectivity index (χ4v) is 3.00. The van der Waals surface area contributed by atoms with Gasteiger partial charge in [0.05, 0.1) is 23.8 Å². The van der Waals surface area contributed by atoms with Crippen molar-refractivity contribution in [2.24, 2.45) is 5.73 Å². The van der Waals surface area contributed by atoms with Gasteiger partial charge in [-0.15, -0.1) is 0 Å². The van der Waals surface area contributed by atoms with Gasteiger partial charge in [0.2, 0.25) is 5.82 Å². The van der Waals surface area contributed by atoms with Crippen LogP contribution in [-0.2, 0) is 4.74 Å². The molecule has 2 aromatic carbocycles. The number of carbonyl (C=O) groups excluding carboxylic acids is 1. The fraction of sp³-hybridized carbons (Fsp3) is 0.211. The molecule has 7 nitrogen and oxygen atoms in total. The largest absolute Gasteiger partial charge is 0.487 e. The molecule has 0 spiro atoms. The number of nitrogens with zero attached hydrogens (tertiary/aromatic N) is 2. The number of halogens is 2. The van der Waals surface area contributed by atoms with Crippen LogP contribution in [0.2, 0.25) is 5.02 Å². The van der Waals surface area contributed by atoms with Gasteiger partial charge < -0.3 is 20.5 Å². The molecule has 0 saturated carbocycles. The van der Waals surface area contributed by atoms with Gasteiger partial charge in [-0.05, 0) is 24.3 Å². The zero-order valence-electron chi connectivity index (χ0n) is 14.5. The second-order valence-electron chi connectivity index (χ2n) is 6.21. The number of primary amides is 1. The molecular weight excluding hydrogens is 387 g/mol. The Morgan fingerprint density at radius 1 is 1.39 bits per heavy atom. The van der Waals surface area contributed by atoms with Gasteiger partial charge in [0, 0.05) is 29.6 Å². The number of nitrogens with two attached hydrogens (primary N) is 1. The van der Waals surface area contributed by atoms with Crippen LogP contribution < -0.4 is 15.8 Å². The van der Waals surface area contributed by atoms with Gasteiger partial charge in [0.25, 0.3) is 5.91 Å². The second kappa shape index (κ2) is 7.57. The van der Waals surface area contributed by atoms with E-state index < -0.39 is 11.7 Å². The second-order valence-corrected chi connectivity index (χ2v) is 6.62. The zero-order valence-corrected chi connectivity index (χ0v) is 15.3. The summed E-state index contributed by atoms with van der Waals surface area (Å²) in [6.07, 6.45) is 0.741. The van der Waals surface area contributed by atoms with Crippen molar-refractivity contribution in [1.82, 2.24) is 9.97 Å². The van der Waals surface area contributed by atoms with Crippen molar-refractivity contribution in [3.8, 4) is 5.75 Å². The van der Waals surface area contributed by atoms with E-state index in [-0.39, 0.29) is 17.0 Å². The number of nitrogens with one attached hydrogen (secondary N) is 1. The average Bonchev–Trinajstić information content (AvgIpc) is 3.17. The van der Waals surface area contributed by atoms with Crippen molar-refractivity contribution >= 4 is 39.9 Å². The van der Waals surface area contributed by atoms with Crippen molar-refractivity contribution in [1.29, 1.82) is 0 Å². The number of hydrogen-bond acceptors (Lipinski definition) is 6. The minimum absolute atomic E-state index is 0.0421. The van der Waals surface area contributed by atoms with Crippen LogP contribution in [0.15, 0.2) is 30.3 Å². The first-order chi connectivity index (χ1) is 13.5.